The molecule has 0 aliphatic carbocycles. The molecule has 1 atom stereocenters. The van der Waals surface area contributed by atoms with Gasteiger partial charge < -0.3 is 19.6 Å². The number of amides is 1. The molecule has 4 rings (SSSR count). The lowest BCUT2D eigenvalue weighted by Gasteiger charge is -2.10. The first-order valence-corrected chi connectivity index (χ1v) is 7.74. The number of carbonyl (C=O) groups excluding carboxylic acids is 1. The molecule has 1 N–H and O–H groups in total. The van der Waals surface area contributed by atoms with E-state index in [1.165, 1.54) is 0 Å². The third-order valence-electron chi connectivity index (χ3n) is 3.97. The topological polar surface area (TPSA) is 69.2 Å². The van der Waals surface area contributed by atoms with Crippen molar-refractivity contribution in [3.8, 4) is 11.5 Å². The van der Waals surface area contributed by atoms with Gasteiger partial charge in [0, 0.05) is 13.0 Å². The van der Waals surface area contributed by atoms with Crippen molar-refractivity contribution in [2.24, 2.45) is 5.16 Å². The highest BCUT2D eigenvalue weighted by molar-refractivity contribution is 6.04. The zero-order valence-electron chi connectivity index (χ0n) is 12.9. The van der Waals surface area contributed by atoms with Gasteiger partial charge in [-0.3, -0.25) is 4.79 Å². The summed E-state index contributed by atoms with van der Waals surface area (Å²) in [6.07, 6.45) is -0.119. The van der Waals surface area contributed by atoms with E-state index in [0.717, 1.165) is 22.6 Å². The summed E-state index contributed by atoms with van der Waals surface area (Å²) in [6, 6.07) is 15.3. The molecular weight excluding hydrogens is 308 g/mol. The monoisotopic (exact) mass is 324 g/mol. The number of hydrogen-bond donors (Lipinski definition) is 1. The number of fused-ring (bicyclic) bond motifs is 1. The maximum atomic E-state index is 12.3. The molecule has 2 aliphatic heterocycles. The number of carbonyl (C=O) groups is 1. The van der Waals surface area contributed by atoms with E-state index in [-0.39, 0.29) is 12.7 Å². The molecule has 6 nitrogen and oxygen atoms in total. The Hall–Kier alpha value is -3.02. The van der Waals surface area contributed by atoms with Gasteiger partial charge in [0.25, 0.3) is 5.91 Å². The van der Waals surface area contributed by atoms with Gasteiger partial charge in [-0.25, -0.2) is 0 Å². The largest absolute Gasteiger partial charge is 0.454 e. The number of rotatable bonds is 4. The molecular formula is C18H16N2O4. The Balaban J connectivity index is 1.33. The molecule has 0 saturated carbocycles. The second-order valence-corrected chi connectivity index (χ2v) is 5.61. The molecule has 0 aromatic heterocycles. The van der Waals surface area contributed by atoms with Crippen LogP contribution in [0.1, 0.15) is 17.5 Å². The Morgan fingerprint density at radius 1 is 1.12 bits per heavy atom. The van der Waals surface area contributed by atoms with Gasteiger partial charge in [-0.15, -0.1) is 0 Å². The Bertz CT molecular complexity index is 789. The van der Waals surface area contributed by atoms with Gasteiger partial charge in [-0.05, 0) is 23.3 Å². The van der Waals surface area contributed by atoms with E-state index >= 15 is 0 Å². The minimum atomic E-state index is -0.589. The van der Waals surface area contributed by atoms with E-state index in [0.29, 0.717) is 18.7 Å². The van der Waals surface area contributed by atoms with Crippen LogP contribution < -0.4 is 14.8 Å². The van der Waals surface area contributed by atoms with Crippen LogP contribution in [0.25, 0.3) is 0 Å². The van der Waals surface area contributed by atoms with Gasteiger partial charge in [0.15, 0.2) is 11.5 Å². The SMILES string of the molecule is O=C(NCc1ccc2c(c1)OCO2)C1CC(c2ccccc2)=NO1. The molecule has 2 aromatic carbocycles. The smallest absolute Gasteiger partial charge is 0.264 e. The first kappa shape index (κ1) is 14.6. The summed E-state index contributed by atoms with van der Waals surface area (Å²) in [4.78, 5) is 17.5. The molecule has 6 heteroatoms. The van der Waals surface area contributed by atoms with Gasteiger partial charge in [-0.1, -0.05) is 41.6 Å². The van der Waals surface area contributed by atoms with Crippen LogP contribution in [-0.2, 0) is 16.2 Å². The van der Waals surface area contributed by atoms with Crippen molar-refractivity contribution in [2.75, 3.05) is 6.79 Å². The quantitative estimate of drug-likeness (QED) is 0.936. The van der Waals surface area contributed by atoms with E-state index in [1.807, 2.05) is 48.5 Å². The summed E-state index contributed by atoms with van der Waals surface area (Å²) in [5.41, 5.74) is 2.71. The number of benzene rings is 2. The second-order valence-electron chi connectivity index (χ2n) is 5.61. The third-order valence-corrected chi connectivity index (χ3v) is 3.97. The molecule has 0 radical (unpaired) electrons. The lowest BCUT2D eigenvalue weighted by molar-refractivity contribution is -0.131. The summed E-state index contributed by atoms with van der Waals surface area (Å²) >= 11 is 0. The molecule has 2 heterocycles. The second kappa shape index (κ2) is 6.23. The molecule has 122 valence electrons. The highest BCUT2D eigenvalue weighted by Crippen LogP contribution is 2.32. The number of nitrogens with one attached hydrogen (secondary N) is 1. The van der Waals surface area contributed by atoms with E-state index < -0.39 is 6.10 Å². The van der Waals surface area contributed by atoms with Crippen LogP contribution in [0.2, 0.25) is 0 Å². The highest BCUT2D eigenvalue weighted by Gasteiger charge is 2.28. The fourth-order valence-corrected chi connectivity index (χ4v) is 2.67. The minimum Gasteiger partial charge on any atom is -0.454 e. The van der Waals surface area contributed by atoms with Crippen LogP contribution in [0.15, 0.2) is 53.7 Å². The van der Waals surface area contributed by atoms with E-state index in [1.54, 1.807) is 0 Å². The summed E-state index contributed by atoms with van der Waals surface area (Å²) in [6.45, 7) is 0.636. The molecule has 1 unspecified atom stereocenters. The minimum absolute atomic E-state index is 0.178. The van der Waals surface area contributed by atoms with Crippen LogP contribution in [0.5, 0.6) is 11.5 Å². The maximum absolute atomic E-state index is 12.3. The first-order chi connectivity index (χ1) is 11.8. The van der Waals surface area contributed by atoms with Crippen molar-refractivity contribution in [2.45, 2.75) is 19.1 Å². The van der Waals surface area contributed by atoms with Gasteiger partial charge in [0.05, 0.1) is 5.71 Å². The molecule has 0 bridgehead atoms. The first-order valence-electron chi connectivity index (χ1n) is 7.74. The van der Waals surface area contributed by atoms with Crippen LogP contribution in [-0.4, -0.2) is 24.5 Å². The number of nitrogens with zero attached hydrogens (tertiary/aromatic N) is 1. The fourth-order valence-electron chi connectivity index (χ4n) is 2.67. The van der Waals surface area contributed by atoms with Gasteiger partial charge in [-0.2, -0.15) is 0 Å². The Morgan fingerprint density at radius 3 is 2.83 bits per heavy atom. The van der Waals surface area contributed by atoms with Crippen LogP contribution >= 0.6 is 0 Å². The fraction of sp³-hybridized carbons (Fsp3) is 0.222. The molecule has 0 saturated heterocycles. The standard InChI is InChI=1S/C18H16N2O4/c21-18(17-9-14(20-24-17)13-4-2-1-3-5-13)19-10-12-6-7-15-16(8-12)23-11-22-15/h1-8,17H,9-11H2,(H,19,21). The normalized spacial score (nSPS) is 18.0. The van der Waals surface area contributed by atoms with Gasteiger partial charge in [0.1, 0.15) is 0 Å². The molecule has 0 fully saturated rings. The summed E-state index contributed by atoms with van der Waals surface area (Å²) in [7, 11) is 0. The maximum Gasteiger partial charge on any atom is 0.264 e. The zero-order chi connectivity index (χ0) is 16.4. The Labute approximate surface area is 139 Å². The van der Waals surface area contributed by atoms with Crippen molar-refractivity contribution >= 4 is 11.6 Å². The number of ether oxygens (including phenoxy) is 2. The van der Waals surface area contributed by atoms with Crippen LogP contribution in [0.3, 0.4) is 0 Å². The molecule has 2 aromatic rings. The van der Waals surface area contributed by atoms with Crippen molar-refractivity contribution in [3.05, 3.63) is 59.7 Å². The van der Waals surface area contributed by atoms with Crippen molar-refractivity contribution < 1.29 is 19.1 Å². The Morgan fingerprint density at radius 2 is 1.96 bits per heavy atom. The molecule has 1 amide bonds. The van der Waals surface area contributed by atoms with Crippen LogP contribution in [0, 0.1) is 0 Å². The predicted octanol–water partition coefficient (Wildman–Crippen LogP) is 2.22. The molecule has 24 heavy (non-hydrogen) atoms. The van der Waals surface area contributed by atoms with Crippen molar-refractivity contribution in [3.63, 3.8) is 0 Å². The molecule has 0 spiro atoms. The van der Waals surface area contributed by atoms with Crippen LogP contribution in [0.4, 0.5) is 0 Å². The lowest BCUT2D eigenvalue weighted by atomic mass is 10.0. The summed E-state index contributed by atoms with van der Waals surface area (Å²) in [5, 5.41) is 6.90. The lowest BCUT2D eigenvalue weighted by Crippen LogP contribution is -2.34. The van der Waals surface area contributed by atoms with E-state index in [9.17, 15) is 4.79 Å². The average Bonchev–Trinajstić information content (AvgIpc) is 3.29. The summed E-state index contributed by atoms with van der Waals surface area (Å²) < 4.78 is 10.6. The van der Waals surface area contributed by atoms with Crippen molar-refractivity contribution in [1.82, 2.24) is 5.32 Å². The van der Waals surface area contributed by atoms with E-state index in [4.69, 9.17) is 14.3 Å². The van der Waals surface area contributed by atoms with Gasteiger partial charge in [0.2, 0.25) is 12.9 Å². The Kier molecular flexibility index (Phi) is 3.78. The number of hydrogen-bond acceptors (Lipinski definition) is 5. The predicted molar refractivity (Wildman–Crippen MR) is 86.9 cm³/mol. The van der Waals surface area contributed by atoms with Gasteiger partial charge >= 0.3 is 0 Å². The molecule has 2 aliphatic rings. The average molecular weight is 324 g/mol. The van der Waals surface area contributed by atoms with E-state index in [2.05, 4.69) is 10.5 Å². The summed E-state index contributed by atoms with van der Waals surface area (Å²) in [5.74, 6) is 1.25. The number of oxime groups is 1. The highest BCUT2D eigenvalue weighted by atomic mass is 16.7. The van der Waals surface area contributed by atoms with Crippen molar-refractivity contribution in [1.29, 1.82) is 0 Å². The zero-order valence-corrected chi connectivity index (χ0v) is 12.9. The third kappa shape index (κ3) is 2.90.